The first-order valence-corrected chi connectivity index (χ1v) is 9.73. The smallest absolute Gasteiger partial charge is 0.404 e. The molecule has 1 unspecified atom stereocenters. The Labute approximate surface area is 170 Å². The summed E-state index contributed by atoms with van der Waals surface area (Å²) in [6, 6.07) is 9.32. The summed E-state index contributed by atoms with van der Waals surface area (Å²) in [5.74, 6) is 0. The molecule has 6 nitrogen and oxygen atoms in total. The van der Waals surface area contributed by atoms with Gasteiger partial charge in [0.1, 0.15) is 5.15 Å². The first-order chi connectivity index (χ1) is 13.1. The van der Waals surface area contributed by atoms with Crippen molar-refractivity contribution >= 4 is 29.1 Å². The van der Waals surface area contributed by atoms with Crippen LogP contribution in [0.4, 0.5) is 16.2 Å². The lowest BCUT2D eigenvalue weighted by molar-refractivity contribution is 0.148. The maximum atomic E-state index is 11.3. The highest BCUT2D eigenvalue weighted by atomic mass is 35.5. The zero-order chi connectivity index (χ0) is 20.5. The fourth-order valence-corrected chi connectivity index (χ4v) is 4.04. The first-order valence-electron chi connectivity index (χ1n) is 9.35. The summed E-state index contributed by atoms with van der Waals surface area (Å²) in [6.45, 7) is 6.86. The number of halogens is 1. The van der Waals surface area contributed by atoms with E-state index in [-0.39, 0.29) is 16.9 Å². The molecular weight excluding hydrogens is 376 g/mol. The second-order valence-electron chi connectivity index (χ2n) is 8.65. The number of nitrogens with two attached hydrogens (primary N) is 1. The maximum absolute atomic E-state index is 11.3. The van der Waals surface area contributed by atoms with E-state index in [9.17, 15) is 9.90 Å². The molecule has 3 rings (SSSR count). The molecule has 0 saturated heterocycles. The monoisotopic (exact) mass is 402 g/mol. The van der Waals surface area contributed by atoms with Crippen LogP contribution in [0, 0.1) is 10.8 Å². The maximum Gasteiger partial charge on any atom is 0.404 e. The van der Waals surface area contributed by atoms with Crippen molar-refractivity contribution in [2.75, 3.05) is 17.6 Å². The predicted molar refractivity (Wildman–Crippen MR) is 114 cm³/mol. The lowest BCUT2D eigenvalue weighted by Crippen LogP contribution is -2.51. The van der Waals surface area contributed by atoms with Crippen molar-refractivity contribution in [2.24, 2.45) is 10.8 Å². The van der Waals surface area contributed by atoms with Gasteiger partial charge in [-0.1, -0.05) is 44.5 Å². The Balaban J connectivity index is 1.78. The van der Waals surface area contributed by atoms with Crippen LogP contribution in [0.25, 0.3) is 11.1 Å². The summed E-state index contributed by atoms with van der Waals surface area (Å²) < 4.78 is 0. The van der Waals surface area contributed by atoms with Crippen molar-refractivity contribution in [1.29, 1.82) is 0 Å². The standard InChI is InChI=1S/C21H27ClN4O2/c1-20(2,3)18(26-19(27)28)21(8-9-21)12-25-15-10-16(17(22)24-11-15)13-4-6-14(23)7-5-13/h4-7,10-11,18,25-26H,8-9,12,23H2,1-3H3,(H,27,28). The van der Waals surface area contributed by atoms with Crippen molar-refractivity contribution in [1.82, 2.24) is 10.3 Å². The number of nitrogen functional groups attached to an aromatic ring is 1. The number of rotatable bonds is 6. The Hall–Kier alpha value is -2.47. The van der Waals surface area contributed by atoms with Gasteiger partial charge in [-0.3, -0.25) is 0 Å². The molecule has 5 N–H and O–H groups in total. The summed E-state index contributed by atoms with van der Waals surface area (Å²) in [7, 11) is 0. The first kappa shape index (κ1) is 20.3. The Bertz CT molecular complexity index is 858. The highest BCUT2D eigenvalue weighted by molar-refractivity contribution is 6.32. The largest absolute Gasteiger partial charge is 0.465 e. The third-order valence-electron chi connectivity index (χ3n) is 5.34. The van der Waals surface area contributed by atoms with Gasteiger partial charge in [0, 0.05) is 29.3 Å². The van der Waals surface area contributed by atoms with Crippen LogP contribution in [0.5, 0.6) is 0 Å². The molecule has 0 bridgehead atoms. The third kappa shape index (κ3) is 4.50. The normalized spacial score (nSPS) is 16.3. The number of hydrogen-bond acceptors (Lipinski definition) is 4. The number of anilines is 2. The van der Waals surface area contributed by atoms with E-state index in [1.165, 1.54) is 0 Å². The molecule has 1 aromatic carbocycles. The highest BCUT2D eigenvalue weighted by Crippen LogP contribution is 2.53. The molecule has 1 aliphatic rings. The Morgan fingerprint density at radius 3 is 2.50 bits per heavy atom. The molecule has 1 fully saturated rings. The summed E-state index contributed by atoms with van der Waals surface area (Å²) in [4.78, 5) is 15.6. The van der Waals surface area contributed by atoms with Crippen molar-refractivity contribution < 1.29 is 9.90 Å². The summed E-state index contributed by atoms with van der Waals surface area (Å²) in [5, 5.41) is 15.9. The van der Waals surface area contributed by atoms with Gasteiger partial charge in [-0.25, -0.2) is 9.78 Å². The minimum atomic E-state index is -0.981. The topological polar surface area (TPSA) is 100 Å². The van der Waals surface area contributed by atoms with Gasteiger partial charge in [-0.05, 0) is 42.0 Å². The Morgan fingerprint density at radius 1 is 1.32 bits per heavy atom. The summed E-state index contributed by atoms with van der Waals surface area (Å²) >= 11 is 6.30. The third-order valence-corrected chi connectivity index (χ3v) is 5.64. The van der Waals surface area contributed by atoms with E-state index in [1.54, 1.807) is 6.20 Å². The number of carbonyl (C=O) groups is 1. The molecule has 150 valence electrons. The number of aromatic nitrogens is 1. The number of amides is 1. The number of benzene rings is 1. The average molecular weight is 403 g/mol. The van der Waals surface area contributed by atoms with Crippen molar-refractivity contribution in [2.45, 2.75) is 39.7 Å². The lowest BCUT2D eigenvalue weighted by Gasteiger charge is -2.37. The van der Waals surface area contributed by atoms with E-state index < -0.39 is 6.09 Å². The van der Waals surface area contributed by atoms with Crippen molar-refractivity contribution in [3.8, 4) is 11.1 Å². The molecule has 1 aromatic heterocycles. The Kier molecular flexibility index (Phi) is 5.44. The quantitative estimate of drug-likeness (QED) is 0.408. The van der Waals surface area contributed by atoms with Gasteiger partial charge in [0.15, 0.2) is 0 Å². The highest BCUT2D eigenvalue weighted by Gasteiger charge is 2.53. The molecule has 1 saturated carbocycles. The van der Waals surface area contributed by atoms with Gasteiger partial charge in [0.2, 0.25) is 0 Å². The molecule has 0 aliphatic heterocycles. The second-order valence-corrected chi connectivity index (χ2v) is 9.01. The van der Waals surface area contributed by atoms with E-state index in [4.69, 9.17) is 17.3 Å². The molecule has 7 heteroatoms. The average Bonchev–Trinajstić information content (AvgIpc) is 3.40. The fraction of sp³-hybridized carbons (Fsp3) is 0.429. The number of pyridine rings is 1. The summed E-state index contributed by atoms with van der Waals surface area (Å²) in [5.41, 5.74) is 8.80. The minimum absolute atomic E-state index is 0.0996. The number of nitrogens with zero attached hydrogens (tertiary/aromatic N) is 1. The number of nitrogens with one attached hydrogen (secondary N) is 2. The molecular formula is C21H27ClN4O2. The predicted octanol–water partition coefficient (Wildman–Crippen LogP) is 4.86. The minimum Gasteiger partial charge on any atom is -0.465 e. The van der Waals surface area contributed by atoms with Crippen LogP contribution >= 0.6 is 11.6 Å². The van der Waals surface area contributed by atoms with E-state index in [1.807, 2.05) is 30.3 Å². The van der Waals surface area contributed by atoms with E-state index in [0.717, 1.165) is 29.7 Å². The zero-order valence-electron chi connectivity index (χ0n) is 16.4. The van der Waals surface area contributed by atoms with E-state index in [2.05, 4.69) is 36.4 Å². The molecule has 0 spiro atoms. The second kappa shape index (κ2) is 7.51. The molecule has 1 amide bonds. The van der Waals surface area contributed by atoms with Crippen LogP contribution in [0.3, 0.4) is 0 Å². The van der Waals surface area contributed by atoms with E-state index >= 15 is 0 Å². The molecule has 1 atom stereocenters. The van der Waals surface area contributed by atoms with Crippen molar-refractivity contribution in [3.05, 3.63) is 41.7 Å². The lowest BCUT2D eigenvalue weighted by atomic mass is 9.76. The van der Waals surface area contributed by atoms with Crippen LogP contribution in [-0.2, 0) is 0 Å². The molecule has 2 aromatic rings. The summed E-state index contributed by atoms with van der Waals surface area (Å²) in [6.07, 6.45) is 2.68. The zero-order valence-corrected chi connectivity index (χ0v) is 17.2. The molecule has 0 radical (unpaired) electrons. The van der Waals surface area contributed by atoms with Crippen LogP contribution in [0.2, 0.25) is 5.15 Å². The SMILES string of the molecule is CC(C)(C)C(NC(=O)O)C1(CNc2cnc(Cl)c(-c3ccc(N)cc3)c2)CC1. The number of hydrogen-bond donors (Lipinski definition) is 4. The fourth-order valence-electron chi connectivity index (χ4n) is 3.83. The van der Waals surface area contributed by atoms with Gasteiger partial charge in [0.05, 0.1) is 11.9 Å². The molecule has 1 aliphatic carbocycles. The van der Waals surface area contributed by atoms with E-state index in [0.29, 0.717) is 17.4 Å². The molecule has 28 heavy (non-hydrogen) atoms. The van der Waals surface area contributed by atoms with Crippen molar-refractivity contribution in [3.63, 3.8) is 0 Å². The van der Waals surface area contributed by atoms with Gasteiger partial charge in [-0.15, -0.1) is 0 Å². The van der Waals surface area contributed by atoms with Crippen LogP contribution in [-0.4, -0.2) is 28.8 Å². The van der Waals surface area contributed by atoms with Crippen LogP contribution in [0.1, 0.15) is 33.6 Å². The van der Waals surface area contributed by atoms with Gasteiger partial charge < -0.3 is 21.5 Å². The van der Waals surface area contributed by atoms with Crippen LogP contribution in [0.15, 0.2) is 36.5 Å². The van der Waals surface area contributed by atoms with Gasteiger partial charge >= 0.3 is 6.09 Å². The van der Waals surface area contributed by atoms with Gasteiger partial charge in [-0.2, -0.15) is 0 Å². The Morgan fingerprint density at radius 2 is 1.96 bits per heavy atom. The van der Waals surface area contributed by atoms with Crippen LogP contribution < -0.4 is 16.4 Å². The van der Waals surface area contributed by atoms with Gasteiger partial charge in [0.25, 0.3) is 0 Å². The molecule has 1 heterocycles. The number of carboxylic acid groups (broad SMARTS) is 1.